The van der Waals surface area contributed by atoms with E-state index in [9.17, 15) is 9.59 Å². The van der Waals surface area contributed by atoms with Crippen LogP contribution in [0.4, 0.5) is 11.4 Å². The molecule has 0 bridgehead atoms. The summed E-state index contributed by atoms with van der Waals surface area (Å²) < 4.78 is 5.49. The van der Waals surface area contributed by atoms with E-state index >= 15 is 0 Å². The Labute approximate surface area is 174 Å². The van der Waals surface area contributed by atoms with E-state index in [0.29, 0.717) is 27.7 Å². The van der Waals surface area contributed by atoms with Crippen molar-refractivity contribution in [1.82, 2.24) is 0 Å². The van der Waals surface area contributed by atoms with Crippen molar-refractivity contribution in [1.29, 1.82) is 0 Å². The molecule has 6 heteroatoms. The van der Waals surface area contributed by atoms with Crippen LogP contribution in [-0.2, 0) is 11.2 Å². The molecule has 0 aliphatic carbocycles. The highest BCUT2D eigenvalue weighted by molar-refractivity contribution is 6.31. The third-order valence-corrected chi connectivity index (χ3v) is 4.45. The minimum Gasteiger partial charge on any atom is -0.484 e. The van der Waals surface area contributed by atoms with E-state index < -0.39 is 0 Å². The van der Waals surface area contributed by atoms with Gasteiger partial charge in [0.2, 0.25) is 0 Å². The van der Waals surface area contributed by atoms with Crippen LogP contribution in [0.5, 0.6) is 5.75 Å². The van der Waals surface area contributed by atoms with Crippen molar-refractivity contribution < 1.29 is 14.3 Å². The first-order chi connectivity index (χ1) is 14.0. The zero-order valence-electron chi connectivity index (χ0n) is 15.9. The molecular weight excluding hydrogens is 388 g/mol. The maximum atomic E-state index is 12.2. The number of anilines is 2. The second-order valence-corrected chi connectivity index (χ2v) is 6.81. The summed E-state index contributed by atoms with van der Waals surface area (Å²) in [5.41, 5.74) is 2.91. The second-order valence-electron chi connectivity index (χ2n) is 6.38. The summed E-state index contributed by atoms with van der Waals surface area (Å²) in [6, 6.07) is 21.2. The molecule has 3 aromatic rings. The first kappa shape index (κ1) is 20.4. The number of carbonyl (C=O) groups excluding carboxylic acids is 2. The van der Waals surface area contributed by atoms with Gasteiger partial charge in [-0.25, -0.2) is 0 Å². The average molecular weight is 409 g/mol. The molecule has 29 heavy (non-hydrogen) atoms. The SMILES string of the molecule is CCc1ccc(OCC(=O)Nc2ccc(NC(=O)c3cccc(Cl)c3)cc2)cc1. The van der Waals surface area contributed by atoms with Crippen molar-refractivity contribution >= 4 is 34.8 Å². The van der Waals surface area contributed by atoms with Gasteiger partial charge in [-0.15, -0.1) is 0 Å². The van der Waals surface area contributed by atoms with E-state index in [-0.39, 0.29) is 18.4 Å². The first-order valence-electron chi connectivity index (χ1n) is 9.22. The van der Waals surface area contributed by atoms with Crippen LogP contribution in [0.25, 0.3) is 0 Å². The Balaban J connectivity index is 1.50. The molecule has 0 atom stereocenters. The fraction of sp³-hybridized carbons (Fsp3) is 0.130. The summed E-state index contributed by atoms with van der Waals surface area (Å²) >= 11 is 5.91. The van der Waals surface area contributed by atoms with E-state index in [1.54, 1.807) is 48.5 Å². The number of ether oxygens (including phenoxy) is 1. The van der Waals surface area contributed by atoms with Gasteiger partial charge in [-0.1, -0.05) is 36.7 Å². The van der Waals surface area contributed by atoms with Gasteiger partial charge < -0.3 is 15.4 Å². The normalized spacial score (nSPS) is 10.3. The lowest BCUT2D eigenvalue weighted by molar-refractivity contribution is -0.118. The zero-order chi connectivity index (χ0) is 20.6. The van der Waals surface area contributed by atoms with Crippen molar-refractivity contribution in [3.8, 4) is 5.75 Å². The first-order valence-corrected chi connectivity index (χ1v) is 9.60. The van der Waals surface area contributed by atoms with E-state index in [1.807, 2.05) is 24.3 Å². The molecule has 0 saturated heterocycles. The van der Waals surface area contributed by atoms with Gasteiger partial charge in [0.05, 0.1) is 0 Å². The molecule has 0 unspecified atom stereocenters. The quantitative estimate of drug-likeness (QED) is 0.566. The van der Waals surface area contributed by atoms with E-state index in [2.05, 4.69) is 17.6 Å². The second kappa shape index (κ2) is 9.75. The summed E-state index contributed by atoms with van der Waals surface area (Å²) in [6.45, 7) is 2.00. The molecule has 3 aromatic carbocycles. The average Bonchev–Trinajstić information content (AvgIpc) is 2.74. The number of halogens is 1. The molecule has 0 aliphatic rings. The topological polar surface area (TPSA) is 67.4 Å². The molecule has 148 valence electrons. The fourth-order valence-corrected chi connectivity index (χ4v) is 2.83. The van der Waals surface area contributed by atoms with Gasteiger partial charge in [-0.05, 0) is 66.6 Å². The maximum absolute atomic E-state index is 12.2. The molecule has 0 aromatic heterocycles. The summed E-state index contributed by atoms with van der Waals surface area (Å²) in [4.78, 5) is 24.3. The molecule has 0 radical (unpaired) electrons. The Morgan fingerprint density at radius 2 is 1.55 bits per heavy atom. The van der Waals surface area contributed by atoms with Crippen LogP contribution in [-0.4, -0.2) is 18.4 Å². The van der Waals surface area contributed by atoms with Crippen LogP contribution < -0.4 is 15.4 Å². The highest BCUT2D eigenvalue weighted by Crippen LogP contribution is 2.17. The highest BCUT2D eigenvalue weighted by atomic mass is 35.5. The molecule has 2 N–H and O–H groups in total. The maximum Gasteiger partial charge on any atom is 0.262 e. The molecule has 5 nitrogen and oxygen atoms in total. The summed E-state index contributed by atoms with van der Waals surface area (Å²) in [5, 5.41) is 6.05. The van der Waals surface area contributed by atoms with Gasteiger partial charge in [-0.2, -0.15) is 0 Å². The van der Waals surface area contributed by atoms with E-state index in [4.69, 9.17) is 16.3 Å². The third kappa shape index (κ3) is 6.09. The van der Waals surface area contributed by atoms with Crippen molar-refractivity contribution in [2.75, 3.05) is 17.2 Å². The Morgan fingerprint density at radius 3 is 2.17 bits per heavy atom. The predicted octanol–water partition coefficient (Wildman–Crippen LogP) is 5.17. The van der Waals surface area contributed by atoms with Gasteiger partial charge in [0.1, 0.15) is 5.75 Å². The summed E-state index contributed by atoms with van der Waals surface area (Å²) in [7, 11) is 0. The van der Waals surface area contributed by atoms with Gasteiger partial charge in [0, 0.05) is 22.0 Å². The lowest BCUT2D eigenvalue weighted by Gasteiger charge is -2.09. The molecule has 3 rings (SSSR count). The third-order valence-electron chi connectivity index (χ3n) is 4.21. The number of nitrogens with one attached hydrogen (secondary N) is 2. The smallest absolute Gasteiger partial charge is 0.262 e. The monoisotopic (exact) mass is 408 g/mol. The number of hydrogen-bond donors (Lipinski definition) is 2. The van der Waals surface area contributed by atoms with Crippen molar-refractivity contribution in [2.24, 2.45) is 0 Å². The van der Waals surface area contributed by atoms with Crippen molar-refractivity contribution in [3.63, 3.8) is 0 Å². The molecule has 0 fully saturated rings. The molecule has 0 spiro atoms. The Morgan fingerprint density at radius 1 is 0.897 bits per heavy atom. The zero-order valence-corrected chi connectivity index (χ0v) is 16.7. The van der Waals surface area contributed by atoms with Crippen molar-refractivity contribution in [2.45, 2.75) is 13.3 Å². The van der Waals surface area contributed by atoms with Crippen LogP contribution in [0.2, 0.25) is 5.02 Å². The number of benzene rings is 3. The Hall–Kier alpha value is -3.31. The molecule has 0 saturated carbocycles. The lowest BCUT2D eigenvalue weighted by atomic mass is 10.2. The molecule has 0 aliphatic heterocycles. The van der Waals surface area contributed by atoms with Crippen LogP contribution in [0.1, 0.15) is 22.8 Å². The fourth-order valence-electron chi connectivity index (χ4n) is 2.64. The van der Waals surface area contributed by atoms with Crippen LogP contribution in [0.15, 0.2) is 72.8 Å². The number of aryl methyl sites for hydroxylation is 1. The van der Waals surface area contributed by atoms with Gasteiger partial charge in [0.25, 0.3) is 11.8 Å². The highest BCUT2D eigenvalue weighted by Gasteiger charge is 2.08. The van der Waals surface area contributed by atoms with Gasteiger partial charge >= 0.3 is 0 Å². The van der Waals surface area contributed by atoms with Crippen LogP contribution >= 0.6 is 11.6 Å². The van der Waals surface area contributed by atoms with Gasteiger partial charge in [-0.3, -0.25) is 9.59 Å². The Kier molecular flexibility index (Phi) is 6.87. The van der Waals surface area contributed by atoms with Gasteiger partial charge in [0.15, 0.2) is 6.61 Å². The van der Waals surface area contributed by atoms with Crippen LogP contribution in [0, 0.1) is 0 Å². The molecule has 0 heterocycles. The number of carbonyl (C=O) groups is 2. The summed E-state index contributed by atoms with van der Waals surface area (Å²) in [6.07, 6.45) is 0.955. The van der Waals surface area contributed by atoms with Crippen LogP contribution in [0.3, 0.4) is 0 Å². The lowest BCUT2D eigenvalue weighted by Crippen LogP contribution is -2.20. The summed E-state index contributed by atoms with van der Waals surface area (Å²) in [5.74, 6) is 0.128. The number of hydrogen-bond acceptors (Lipinski definition) is 3. The van der Waals surface area contributed by atoms with Crippen molar-refractivity contribution in [3.05, 3.63) is 88.9 Å². The minimum atomic E-state index is -0.264. The predicted molar refractivity (Wildman–Crippen MR) is 116 cm³/mol. The Bertz CT molecular complexity index is 986. The molecular formula is C23H21ClN2O3. The number of rotatable bonds is 7. The minimum absolute atomic E-state index is 0.0846. The molecule has 2 amide bonds. The number of amides is 2. The van der Waals surface area contributed by atoms with E-state index in [1.165, 1.54) is 5.56 Å². The standard InChI is InChI=1S/C23H21ClN2O3/c1-2-16-6-12-21(13-7-16)29-15-22(27)25-19-8-10-20(11-9-19)26-23(28)17-4-3-5-18(24)14-17/h3-14H,2,15H2,1H3,(H,25,27)(H,26,28). The largest absolute Gasteiger partial charge is 0.484 e. The van der Waals surface area contributed by atoms with E-state index in [0.717, 1.165) is 6.42 Å².